The van der Waals surface area contributed by atoms with Crippen LogP contribution in [0.1, 0.15) is 13.8 Å². The Labute approximate surface area is 147 Å². The van der Waals surface area contributed by atoms with Crippen LogP contribution < -0.4 is 0 Å². The Morgan fingerprint density at radius 1 is 0.565 bits per heavy atom. The standard InChI is InChI=1S/C20H36Si3/c1-15-11-17(13-19(15)21(3,4)5)23(9,10)18-12-16(2)20(14-18)22(6,7)8/h11-14,17-18H,1-10H3. The summed E-state index contributed by atoms with van der Waals surface area (Å²) in [7, 11) is -3.85. The van der Waals surface area contributed by atoms with Crippen molar-refractivity contribution in [1.29, 1.82) is 0 Å². The highest BCUT2D eigenvalue weighted by atomic mass is 28.3. The third kappa shape index (κ3) is 3.67. The van der Waals surface area contributed by atoms with Crippen LogP contribution in [0.4, 0.5) is 0 Å². The zero-order valence-corrected chi connectivity index (χ0v) is 20.0. The molecule has 2 aliphatic rings. The molecule has 0 amide bonds. The maximum Gasteiger partial charge on any atom is 0.0775 e. The molecule has 2 rings (SSSR count). The molecule has 2 atom stereocenters. The van der Waals surface area contributed by atoms with Gasteiger partial charge in [-0.1, -0.05) is 98.2 Å². The lowest BCUT2D eigenvalue weighted by Gasteiger charge is -2.32. The summed E-state index contributed by atoms with van der Waals surface area (Å²) in [6.45, 7) is 24.8. The summed E-state index contributed by atoms with van der Waals surface area (Å²) < 4.78 is 0. The maximum atomic E-state index is 2.66. The summed E-state index contributed by atoms with van der Waals surface area (Å²) in [5.41, 5.74) is 4.55. The number of rotatable bonds is 4. The van der Waals surface area contributed by atoms with Gasteiger partial charge in [-0.3, -0.25) is 0 Å². The molecular formula is C20H36Si3. The summed E-state index contributed by atoms with van der Waals surface area (Å²) in [6, 6.07) is 0. The molecule has 0 heterocycles. The quantitative estimate of drug-likeness (QED) is 0.475. The zero-order valence-electron chi connectivity index (χ0n) is 17.0. The van der Waals surface area contributed by atoms with E-state index in [1.165, 1.54) is 0 Å². The topological polar surface area (TPSA) is 0 Å². The van der Waals surface area contributed by atoms with E-state index in [9.17, 15) is 0 Å². The fraction of sp³-hybridized carbons (Fsp3) is 0.600. The minimum Gasteiger partial charge on any atom is -0.0808 e. The second-order valence-corrected chi connectivity index (χ2v) is 25.3. The van der Waals surface area contributed by atoms with Crippen molar-refractivity contribution in [2.45, 2.75) is 77.3 Å². The van der Waals surface area contributed by atoms with Crippen molar-refractivity contribution in [1.82, 2.24) is 0 Å². The summed E-state index contributed by atoms with van der Waals surface area (Å²) in [5, 5.41) is 3.41. The Bertz CT molecular complexity index is 562. The molecule has 23 heavy (non-hydrogen) atoms. The molecule has 0 N–H and O–H groups in total. The van der Waals surface area contributed by atoms with Gasteiger partial charge < -0.3 is 0 Å². The van der Waals surface area contributed by atoms with Gasteiger partial charge in [0, 0.05) is 0 Å². The Balaban J connectivity index is 2.35. The van der Waals surface area contributed by atoms with E-state index in [1.54, 1.807) is 21.5 Å². The lowest BCUT2D eigenvalue weighted by atomic mass is 10.3. The van der Waals surface area contributed by atoms with E-state index in [0.717, 1.165) is 0 Å². The van der Waals surface area contributed by atoms with Gasteiger partial charge in [-0.2, -0.15) is 0 Å². The second kappa shape index (κ2) is 5.85. The second-order valence-electron chi connectivity index (χ2n) is 10.2. The molecule has 3 heteroatoms. The van der Waals surface area contributed by atoms with Crippen LogP contribution in [-0.2, 0) is 0 Å². The average molecular weight is 361 g/mol. The van der Waals surface area contributed by atoms with E-state index >= 15 is 0 Å². The highest BCUT2D eigenvalue weighted by Gasteiger charge is 2.41. The van der Waals surface area contributed by atoms with Crippen molar-refractivity contribution >= 4 is 24.2 Å². The third-order valence-corrected chi connectivity index (χ3v) is 14.2. The predicted molar refractivity (Wildman–Crippen MR) is 115 cm³/mol. The fourth-order valence-corrected chi connectivity index (χ4v) is 11.4. The molecule has 0 nitrogen and oxygen atoms in total. The SMILES string of the molecule is CC1=CC([Si](C)(C)C2C=C(C)C([Si](C)(C)C)=C2)C=C1[Si](C)(C)C. The van der Waals surface area contributed by atoms with Gasteiger partial charge >= 0.3 is 0 Å². The minimum absolute atomic E-state index is 0.704. The molecule has 0 spiro atoms. The van der Waals surface area contributed by atoms with Gasteiger partial charge in [0.15, 0.2) is 0 Å². The Morgan fingerprint density at radius 2 is 0.870 bits per heavy atom. The van der Waals surface area contributed by atoms with Crippen LogP contribution in [0.2, 0.25) is 63.5 Å². The zero-order chi connectivity index (χ0) is 17.8. The molecule has 2 unspecified atom stereocenters. The van der Waals surface area contributed by atoms with E-state index in [2.05, 4.69) is 90.5 Å². The molecule has 0 aliphatic heterocycles. The van der Waals surface area contributed by atoms with Crippen LogP contribution in [0, 0.1) is 0 Å². The molecule has 0 aromatic rings. The van der Waals surface area contributed by atoms with E-state index in [0.29, 0.717) is 11.1 Å². The summed E-state index contributed by atoms with van der Waals surface area (Å²) in [6.07, 6.45) is 10.5. The van der Waals surface area contributed by atoms with E-state index in [4.69, 9.17) is 0 Å². The largest absolute Gasteiger partial charge is 0.0808 e. The van der Waals surface area contributed by atoms with Gasteiger partial charge in [0.1, 0.15) is 0 Å². The number of hydrogen-bond acceptors (Lipinski definition) is 0. The van der Waals surface area contributed by atoms with Crippen LogP contribution in [0.5, 0.6) is 0 Å². The Morgan fingerprint density at radius 3 is 1.09 bits per heavy atom. The van der Waals surface area contributed by atoms with Crippen LogP contribution in [0.25, 0.3) is 0 Å². The van der Waals surface area contributed by atoms with Crippen molar-refractivity contribution in [3.63, 3.8) is 0 Å². The molecule has 0 saturated carbocycles. The molecule has 0 radical (unpaired) electrons. The molecular weight excluding hydrogens is 324 g/mol. The first kappa shape index (κ1) is 18.9. The molecule has 0 aromatic heterocycles. The Hall–Kier alpha value is -0.389. The van der Waals surface area contributed by atoms with Gasteiger partial charge in [-0.25, -0.2) is 0 Å². The number of hydrogen-bond donors (Lipinski definition) is 0. The molecule has 0 fully saturated rings. The maximum absolute atomic E-state index is 2.66. The van der Waals surface area contributed by atoms with Gasteiger partial charge in [0.05, 0.1) is 24.2 Å². The first-order chi connectivity index (χ1) is 10.2. The molecule has 2 aliphatic carbocycles. The van der Waals surface area contributed by atoms with Crippen molar-refractivity contribution in [2.24, 2.45) is 0 Å². The van der Waals surface area contributed by atoms with Crippen molar-refractivity contribution in [3.05, 3.63) is 45.8 Å². The monoisotopic (exact) mass is 360 g/mol. The first-order valence-corrected chi connectivity index (χ1v) is 19.2. The van der Waals surface area contributed by atoms with Crippen LogP contribution >= 0.6 is 0 Å². The normalized spacial score (nSPS) is 26.0. The van der Waals surface area contributed by atoms with Gasteiger partial charge in [-0.15, -0.1) is 0 Å². The van der Waals surface area contributed by atoms with Crippen molar-refractivity contribution in [2.75, 3.05) is 0 Å². The molecule has 128 valence electrons. The van der Waals surface area contributed by atoms with E-state index in [1.807, 2.05) is 0 Å². The van der Waals surface area contributed by atoms with Gasteiger partial charge in [-0.05, 0) is 24.9 Å². The third-order valence-electron chi connectivity index (χ3n) is 5.74. The van der Waals surface area contributed by atoms with E-state index < -0.39 is 24.2 Å². The van der Waals surface area contributed by atoms with Crippen molar-refractivity contribution < 1.29 is 0 Å². The van der Waals surface area contributed by atoms with Gasteiger partial charge in [0.2, 0.25) is 0 Å². The summed E-state index contributed by atoms with van der Waals surface area (Å²) in [5.74, 6) is 0. The van der Waals surface area contributed by atoms with E-state index in [-0.39, 0.29) is 0 Å². The molecule has 0 bridgehead atoms. The highest BCUT2D eigenvalue weighted by molar-refractivity contribution is 6.87. The molecule has 0 aromatic carbocycles. The fourth-order valence-electron chi connectivity index (χ4n) is 4.20. The Kier molecular flexibility index (Phi) is 4.82. The van der Waals surface area contributed by atoms with Crippen LogP contribution in [0.15, 0.2) is 45.8 Å². The summed E-state index contributed by atoms with van der Waals surface area (Å²) in [4.78, 5) is 0. The lowest BCUT2D eigenvalue weighted by molar-refractivity contribution is 1.16. The smallest absolute Gasteiger partial charge is 0.0775 e. The predicted octanol–water partition coefficient (Wildman–Crippen LogP) is 6.96. The number of allylic oxidation sites excluding steroid dienone is 8. The first-order valence-electron chi connectivity index (χ1n) is 9.07. The highest BCUT2D eigenvalue weighted by Crippen LogP contribution is 2.47. The van der Waals surface area contributed by atoms with Crippen LogP contribution in [0.3, 0.4) is 0 Å². The summed E-state index contributed by atoms with van der Waals surface area (Å²) >= 11 is 0. The van der Waals surface area contributed by atoms with Crippen LogP contribution in [-0.4, -0.2) is 24.2 Å². The van der Waals surface area contributed by atoms with Gasteiger partial charge in [0.25, 0.3) is 0 Å². The molecule has 0 saturated heterocycles. The average Bonchev–Trinajstić information content (AvgIpc) is 2.91. The van der Waals surface area contributed by atoms with Crippen molar-refractivity contribution in [3.8, 4) is 0 Å². The lowest BCUT2D eigenvalue weighted by Crippen LogP contribution is -2.35. The minimum atomic E-state index is -1.42.